The van der Waals surface area contributed by atoms with Crippen LogP contribution in [0.3, 0.4) is 0 Å². The van der Waals surface area contributed by atoms with Gasteiger partial charge in [0.1, 0.15) is 5.82 Å². The molecular weight excluding hydrogens is 249 g/mol. The molecule has 0 aliphatic carbocycles. The second-order valence-electron chi connectivity index (χ2n) is 3.55. The van der Waals surface area contributed by atoms with Gasteiger partial charge < -0.3 is 10.4 Å². The van der Waals surface area contributed by atoms with Gasteiger partial charge in [-0.15, -0.1) is 0 Å². The van der Waals surface area contributed by atoms with Crippen LogP contribution in [0.1, 0.15) is 24.9 Å². The summed E-state index contributed by atoms with van der Waals surface area (Å²) in [5.74, 6) is -2.06. The first-order valence-corrected chi connectivity index (χ1v) is 5.21. The predicted octanol–water partition coefficient (Wildman–Crippen LogP) is 2.13. The van der Waals surface area contributed by atoms with Crippen molar-refractivity contribution < 1.29 is 19.1 Å². The van der Waals surface area contributed by atoms with E-state index in [4.69, 9.17) is 16.7 Å². The summed E-state index contributed by atoms with van der Waals surface area (Å²) in [5, 5.41) is 11.3. The molecule has 1 aromatic rings. The van der Waals surface area contributed by atoms with Crippen LogP contribution in [0.4, 0.5) is 4.39 Å². The molecule has 0 aromatic heterocycles. The molecule has 1 aromatic carbocycles. The van der Waals surface area contributed by atoms with Crippen molar-refractivity contribution in [2.24, 2.45) is 0 Å². The molecule has 2 N–H and O–H groups in total. The van der Waals surface area contributed by atoms with Gasteiger partial charge in [-0.3, -0.25) is 9.59 Å². The Hall–Kier alpha value is -1.62. The average molecular weight is 260 g/mol. The molecule has 1 rings (SSSR count). The van der Waals surface area contributed by atoms with Crippen LogP contribution in [0, 0.1) is 5.82 Å². The maximum atomic E-state index is 13.1. The van der Waals surface area contributed by atoms with Crippen LogP contribution in [0.5, 0.6) is 0 Å². The van der Waals surface area contributed by atoms with Crippen molar-refractivity contribution >= 4 is 23.5 Å². The number of rotatable bonds is 4. The van der Waals surface area contributed by atoms with Crippen LogP contribution >= 0.6 is 11.6 Å². The molecule has 0 heterocycles. The topological polar surface area (TPSA) is 66.4 Å². The van der Waals surface area contributed by atoms with Gasteiger partial charge in [0.2, 0.25) is 5.91 Å². The molecule has 0 saturated carbocycles. The monoisotopic (exact) mass is 259 g/mol. The number of carboxylic acid groups (broad SMARTS) is 1. The third kappa shape index (κ3) is 4.40. The van der Waals surface area contributed by atoms with E-state index in [0.29, 0.717) is 5.56 Å². The average Bonchev–Trinajstić information content (AvgIpc) is 2.13. The fourth-order valence-corrected chi connectivity index (χ4v) is 1.68. The molecule has 92 valence electrons. The highest BCUT2D eigenvalue weighted by Gasteiger charge is 2.17. The fraction of sp³-hybridized carbons (Fsp3) is 0.273. The molecule has 0 saturated heterocycles. The van der Waals surface area contributed by atoms with Crippen molar-refractivity contribution in [3.05, 3.63) is 34.6 Å². The number of carbonyl (C=O) groups excluding carboxylic acids is 1. The summed E-state index contributed by atoms with van der Waals surface area (Å²) in [7, 11) is 0. The molecule has 4 nitrogen and oxygen atoms in total. The minimum Gasteiger partial charge on any atom is -0.481 e. The summed E-state index contributed by atoms with van der Waals surface area (Å²) in [4.78, 5) is 21.6. The SMILES string of the molecule is CC(=O)N[C@@H](CC(=O)O)c1cc(F)cc(Cl)c1. The first-order valence-electron chi connectivity index (χ1n) is 4.83. The third-order valence-corrected chi connectivity index (χ3v) is 2.26. The normalized spacial score (nSPS) is 11.9. The van der Waals surface area contributed by atoms with Crippen LogP contribution in [0.2, 0.25) is 5.02 Å². The summed E-state index contributed by atoms with van der Waals surface area (Å²) in [6.07, 6.45) is -0.334. The van der Waals surface area contributed by atoms with E-state index in [-0.39, 0.29) is 11.4 Å². The Labute approximate surface area is 102 Å². The Kier molecular flexibility index (Phi) is 4.45. The van der Waals surface area contributed by atoms with Crippen LogP contribution in [0.25, 0.3) is 0 Å². The van der Waals surface area contributed by atoms with Gasteiger partial charge in [0, 0.05) is 11.9 Å². The number of benzene rings is 1. The summed E-state index contributed by atoms with van der Waals surface area (Å²) >= 11 is 5.67. The highest BCUT2D eigenvalue weighted by Crippen LogP contribution is 2.22. The number of halogens is 2. The summed E-state index contributed by atoms with van der Waals surface area (Å²) in [6, 6.07) is 2.89. The van der Waals surface area contributed by atoms with Crippen LogP contribution in [0.15, 0.2) is 18.2 Å². The Bertz CT molecular complexity index is 414. The highest BCUT2D eigenvalue weighted by atomic mass is 35.5. The zero-order valence-corrected chi connectivity index (χ0v) is 9.79. The third-order valence-electron chi connectivity index (χ3n) is 2.04. The molecule has 0 radical (unpaired) electrons. The zero-order valence-electron chi connectivity index (χ0n) is 9.04. The Balaban J connectivity index is 3.02. The number of hydrogen-bond donors (Lipinski definition) is 2. The Morgan fingerprint density at radius 2 is 2.12 bits per heavy atom. The summed E-state index contributed by atoms with van der Waals surface area (Å²) in [5.41, 5.74) is 0.326. The lowest BCUT2D eigenvalue weighted by atomic mass is 10.0. The van der Waals surface area contributed by atoms with Crippen LogP contribution in [-0.4, -0.2) is 17.0 Å². The van der Waals surface area contributed by atoms with Crippen molar-refractivity contribution in [1.29, 1.82) is 0 Å². The lowest BCUT2D eigenvalue weighted by molar-refractivity contribution is -0.137. The maximum absolute atomic E-state index is 13.1. The molecule has 0 fully saturated rings. The van der Waals surface area contributed by atoms with E-state index in [1.54, 1.807) is 0 Å². The van der Waals surface area contributed by atoms with E-state index in [1.165, 1.54) is 13.0 Å². The second-order valence-corrected chi connectivity index (χ2v) is 3.99. The molecule has 0 bridgehead atoms. The minimum absolute atomic E-state index is 0.153. The van der Waals surface area contributed by atoms with Crippen LogP contribution < -0.4 is 5.32 Å². The van der Waals surface area contributed by atoms with E-state index in [2.05, 4.69) is 5.32 Å². The van der Waals surface area contributed by atoms with E-state index < -0.39 is 23.7 Å². The van der Waals surface area contributed by atoms with Gasteiger partial charge >= 0.3 is 5.97 Å². The number of amides is 1. The lowest BCUT2D eigenvalue weighted by Crippen LogP contribution is -2.28. The summed E-state index contributed by atoms with van der Waals surface area (Å²) < 4.78 is 13.1. The minimum atomic E-state index is -1.09. The van der Waals surface area contributed by atoms with Crippen molar-refractivity contribution in [3.8, 4) is 0 Å². The Morgan fingerprint density at radius 3 is 2.59 bits per heavy atom. The molecule has 1 atom stereocenters. The largest absolute Gasteiger partial charge is 0.481 e. The van der Waals surface area contributed by atoms with Gasteiger partial charge in [-0.25, -0.2) is 4.39 Å². The second kappa shape index (κ2) is 5.63. The van der Waals surface area contributed by atoms with Gasteiger partial charge in [-0.2, -0.15) is 0 Å². The van der Waals surface area contributed by atoms with Gasteiger partial charge in [0.05, 0.1) is 12.5 Å². The first-order chi connectivity index (χ1) is 7.88. The number of carbonyl (C=O) groups is 2. The van der Waals surface area contributed by atoms with E-state index in [1.807, 2.05) is 0 Å². The van der Waals surface area contributed by atoms with Crippen molar-refractivity contribution in [2.45, 2.75) is 19.4 Å². The molecular formula is C11H11ClFNO3. The molecule has 0 aliphatic heterocycles. The number of hydrogen-bond acceptors (Lipinski definition) is 2. The van der Waals surface area contributed by atoms with Crippen molar-refractivity contribution in [1.82, 2.24) is 5.32 Å². The smallest absolute Gasteiger partial charge is 0.305 e. The predicted molar refractivity (Wildman–Crippen MR) is 60.2 cm³/mol. The van der Waals surface area contributed by atoms with E-state index in [9.17, 15) is 14.0 Å². The van der Waals surface area contributed by atoms with Gasteiger partial charge in [-0.05, 0) is 23.8 Å². The van der Waals surface area contributed by atoms with Gasteiger partial charge in [-0.1, -0.05) is 11.6 Å². The first kappa shape index (κ1) is 13.4. The molecule has 6 heteroatoms. The number of carboxylic acids is 1. The summed E-state index contributed by atoms with van der Waals surface area (Å²) in [6.45, 7) is 1.26. The zero-order chi connectivity index (χ0) is 13.0. The fourth-order valence-electron chi connectivity index (χ4n) is 1.45. The molecule has 0 aliphatic rings. The molecule has 1 amide bonds. The van der Waals surface area contributed by atoms with E-state index in [0.717, 1.165) is 12.1 Å². The lowest BCUT2D eigenvalue weighted by Gasteiger charge is -2.16. The van der Waals surface area contributed by atoms with Crippen molar-refractivity contribution in [2.75, 3.05) is 0 Å². The molecule has 0 spiro atoms. The number of nitrogens with one attached hydrogen (secondary N) is 1. The number of aliphatic carboxylic acids is 1. The van der Waals surface area contributed by atoms with Gasteiger partial charge in [0.25, 0.3) is 0 Å². The Morgan fingerprint density at radius 1 is 1.47 bits per heavy atom. The quantitative estimate of drug-likeness (QED) is 0.870. The maximum Gasteiger partial charge on any atom is 0.305 e. The molecule has 0 unspecified atom stereocenters. The van der Waals surface area contributed by atoms with Gasteiger partial charge in [0.15, 0.2) is 0 Å². The highest BCUT2D eigenvalue weighted by molar-refractivity contribution is 6.30. The molecule has 17 heavy (non-hydrogen) atoms. The standard InChI is InChI=1S/C11H11ClFNO3/c1-6(15)14-10(5-11(16)17)7-2-8(12)4-9(13)3-7/h2-4,10H,5H2,1H3,(H,14,15)(H,16,17)/t10-/m0/s1. The van der Waals surface area contributed by atoms with E-state index >= 15 is 0 Å². The van der Waals surface area contributed by atoms with Crippen molar-refractivity contribution in [3.63, 3.8) is 0 Å². The van der Waals surface area contributed by atoms with Crippen LogP contribution in [-0.2, 0) is 9.59 Å².